The molecule has 156 valence electrons. The normalized spacial score (nSPS) is 18.9. The Hall–Kier alpha value is -2.25. The third-order valence-corrected chi connectivity index (χ3v) is 6.36. The van der Waals surface area contributed by atoms with Gasteiger partial charge in [0.05, 0.1) is 18.0 Å². The molecule has 8 heteroatoms. The summed E-state index contributed by atoms with van der Waals surface area (Å²) in [4.78, 5) is 13.1. The Morgan fingerprint density at radius 2 is 1.83 bits per heavy atom. The first-order chi connectivity index (χ1) is 13.5. The molecule has 6 nitrogen and oxygen atoms in total. The monoisotopic (exact) mass is 436 g/mol. The quantitative estimate of drug-likeness (QED) is 0.770. The molecule has 3 rings (SSSR count). The predicted octanol–water partition coefficient (Wildman–Crippen LogP) is 3.91. The number of fused-ring (bicyclic) bond motifs is 1. The molecule has 2 aromatic carbocycles. The zero-order valence-corrected chi connectivity index (χ0v) is 18.4. The molecule has 0 radical (unpaired) electrons. The van der Waals surface area contributed by atoms with Crippen LogP contribution in [-0.2, 0) is 14.8 Å². The molecule has 0 spiro atoms. The summed E-state index contributed by atoms with van der Waals surface area (Å²) >= 11 is 5.92. The first-order valence-electron chi connectivity index (χ1n) is 9.31. The molecule has 2 aromatic rings. The van der Waals surface area contributed by atoms with E-state index >= 15 is 0 Å². The van der Waals surface area contributed by atoms with E-state index in [1.807, 2.05) is 38.1 Å². The summed E-state index contributed by atoms with van der Waals surface area (Å²) in [6.07, 6.45) is 1.65. The summed E-state index contributed by atoms with van der Waals surface area (Å²) in [7, 11) is -3.69. The molecule has 0 aliphatic carbocycles. The smallest absolute Gasteiger partial charge is 0.244 e. The van der Waals surface area contributed by atoms with E-state index in [1.165, 1.54) is 0 Å². The average Bonchev–Trinajstić information content (AvgIpc) is 2.61. The summed E-state index contributed by atoms with van der Waals surface area (Å²) < 4.78 is 32.0. The lowest BCUT2D eigenvalue weighted by Crippen LogP contribution is -2.50. The minimum atomic E-state index is -3.69. The van der Waals surface area contributed by atoms with Crippen molar-refractivity contribution >= 4 is 33.2 Å². The van der Waals surface area contributed by atoms with Gasteiger partial charge in [0.25, 0.3) is 0 Å². The fraction of sp³-hybridized carbons (Fsp3) is 0.381. The molecule has 1 aliphatic heterocycles. The number of halogens is 1. The minimum absolute atomic E-state index is 0.281. The second kappa shape index (κ2) is 7.88. The van der Waals surface area contributed by atoms with Crippen LogP contribution in [0.5, 0.6) is 5.75 Å². The van der Waals surface area contributed by atoms with Gasteiger partial charge in [0.1, 0.15) is 17.4 Å². The second-order valence-electron chi connectivity index (χ2n) is 7.88. The maximum Gasteiger partial charge on any atom is 0.244 e. The molecule has 1 N–H and O–H groups in total. The molecule has 0 saturated heterocycles. The Labute approximate surface area is 176 Å². The van der Waals surface area contributed by atoms with Crippen molar-refractivity contribution in [3.63, 3.8) is 0 Å². The van der Waals surface area contributed by atoms with Crippen molar-refractivity contribution in [1.82, 2.24) is 5.32 Å². The summed E-state index contributed by atoms with van der Waals surface area (Å²) in [5.74, 6) is 0.335. The topological polar surface area (TPSA) is 75.7 Å². The fourth-order valence-corrected chi connectivity index (χ4v) is 4.92. The molecule has 0 saturated carbocycles. The van der Waals surface area contributed by atoms with Crippen LogP contribution in [0, 0.1) is 0 Å². The molecule has 2 unspecified atom stereocenters. The van der Waals surface area contributed by atoms with Crippen molar-refractivity contribution in [2.24, 2.45) is 0 Å². The Kier molecular flexibility index (Phi) is 5.83. The summed E-state index contributed by atoms with van der Waals surface area (Å²) in [6, 6.07) is 12.7. The highest BCUT2D eigenvalue weighted by atomic mass is 35.5. The summed E-state index contributed by atoms with van der Waals surface area (Å²) in [5, 5.41) is 3.50. The van der Waals surface area contributed by atoms with E-state index in [1.54, 1.807) is 31.2 Å². The third-order valence-electron chi connectivity index (χ3n) is 4.86. The molecular weight excluding hydrogens is 412 g/mol. The maximum absolute atomic E-state index is 13.1. The number of sulfonamides is 1. The minimum Gasteiger partial charge on any atom is -0.487 e. The molecule has 1 heterocycles. The maximum atomic E-state index is 13.1. The van der Waals surface area contributed by atoms with Crippen molar-refractivity contribution in [1.29, 1.82) is 0 Å². The number of ether oxygens (including phenoxy) is 1. The standard InChI is InChI=1S/C21H25ClN2O4S/c1-14(24(29(4,26)27)16-11-9-15(22)10-12-16)20(25)23-18-13-21(2,3)28-19-8-6-5-7-17(18)19/h5-12,14,18H,13H2,1-4H3,(H,23,25). The van der Waals surface area contributed by atoms with Crippen molar-refractivity contribution in [2.75, 3.05) is 10.6 Å². The fourth-order valence-electron chi connectivity index (χ4n) is 3.62. The zero-order chi connectivity index (χ0) is 21.4. The van der Waals surface area contributed by atoms with Gasteiger partial charge in [0.2, 0.25) is 15.9 Å². The van der Waals surface area contributed by atoms with Gasteiger partial charge in [-0.1, -0.05) is 29.8 Å². The third kappa shape index (κ3) is 4.85. The number of nitrogens with zero attached hydrogens (tertiary/aromatic N) is 1. The molecule has 1 amide bonds. The highest BCUT2D eigenvalue weighted by molar-refractivity contribution is 7.92. The lowest BCUT2D eigenvalue weighted by molar-refractivity contribution is -0.123. The van der Waals surface area contributed by atoms with Crippen LogP contribution in [0.4, 0.5) is 5.69 Å². The summed E-state index contributed by atoms with van der Waals surface area (Å²) in [6.45, 7) is 5.49. The zero-order valence-electron chi connectivity index (χ0n) is 16.8. The lowest BCUT2D eigenvalue weighted by atomic mass is 9.89. The van der Waals surface area contributed by atoms with Crippen molar-refractivity contribution in [3.8, 4) is 5.75 Å². The van der Waals surface area contributed by atoms with E-state index in [2.05, 4.69) is 5.32 Å². The van der Waals surface area contributed by atoms with Crippen LogP contribution >= 0.6 is 11.6 Å². The van der Waals surface area contributed by atoms with E-state index in [9.17, 15) is 13.2 Å². The SMILES string of the molecule is CC(C(=O)NC1CC(C)(C)Oc2ccccc21)N(c1ccc(Cl)cc1)S(C)(=O)=O. The molecule has 0 bridgehead atoms. The number of para-hydroxylation sites is 1. The number of nitrogens with one attached hydrogen (secondary N) is 1. The van der Waals surface area contributed by atoms with Crippen LogP contribution in [0.1, 0.15) is 38.8 Å². The second-order valence-corrected chi connectivity index (χ2v) is 10.2. The van der Waals surface area contributed by atoms with Crippen LogP contribution in [0.15, 0.2) is 48.5 Å². The van der Waals surface area contributed by atoms with Gasteiger partial charge in [-0.25, -0.2) is 8.42 Å². The number of carbonyl (C=O) groups is 1. The van der Waals surface area contributed by atoms with Gasteiger partial charge in [-0.15, -0.1) is 0 Å². The van der Waals surface area contributed by atoms with E-state index in [0.717, 1.165) is 21.9 Å². The molecule has 2 atom stereocenters. The van der Waals surface area contributed by atoms with E-state index in [0.29, 0.717) is 17.1 Å². The van der Waals surface area contributed by atoms with Gasteiger partial charge in [-0.3, -0.25) is 9.10 Å². The van der Waals surface area contributed by atoms with E-state index in [4.69, 9.17) is 16.3 Å². The van der Waals surface area contributed by atoms with Crippen LogP contribution in [0.25, 0.3) is 0 Å². The number of hydrogen-bond donors (Lipinski definition) is 1. The first-order valence-corrected chi connectivity index (χ1v) is 11.5. The molecule has 1 aliphatic rings. The van der Waals surface area contributed by atoms with Crippen LogP contribution in [-0.4, -0.2) is 32.2 Å². The average molecular weight is 437 g/mol. The Morgan fingerprint density at radius 1 is 1.21 bits per heavy atom. The van der Waals surface area contributed by atoms with Gasteiger partial charge in [-0.2, -0.15) is 0 Å². The van der Waals surface area contributed by atoms with Gasteiger partial charge < -0.3 is 10.1 Å². The van der Waals surface area contributed by atoms with Crippen LogP contribution in [0.2, 0.25) is 5.02 Å². The number of carbonyl (C=O) groups excluding carboxylic acids is 1. The van der Waals surface area contributed by atoms with E-state index < -0.39 is 21.7 Å². The predicted molar refractivity (Wildman–Crippen MR) is 115 cm³/mol. The summed E-state index contributed by atoms with van der Waals surface area (Å²) in [5.41, 5.74) is 0.805. The van der Waals surface area contributed by atoms with Crippen molar-refractivity contribution < 1.29 is 17.9 Å². The van der Waals surface area contributed by atoms with E-state index in [-0.39, 0.29) is 11.9 Å². The van der Waals surface area contributed by atoms with Gasteiger partial charge in [0.15, 0.2) is 0 Å². The largest absolute Gasteiger partial charge is 0.487 e. The molecule has 0 fully saturated rings. The Balaban J connectivity index is 1.88. The number of rotatable bonds is 5. The Morgan fingerprint density at radius 3 is 2.45 bits per heavy atom. The number of benzene rings is 2. The number of anilines is 1. The number of amides is 1. The molecule has 0 aromatic heterocycles. The van der Waals surface area contributed by atoms with Crippen LogP contribution < -0.4 is 14.4 Å². The van der Waals surface area contributed by atoms with Gasteiger partial charge in [-0.05, 0) is 51.1 Å². The van der Waals surface area contributed by atoms with Gasteiger partial charge >= 0.3 is 0 Å². The molecule has 29 heavy (non-hydrogen) atoms. The molecular formula is C21H25ClN2O4S. The highest BCUT2D eigenvalue weighted by Crippen LogP contribution is 2.39. The van der Waals surface area contributed by atoms with Crippen molar-refractivity contribution in [3.05, 3.63) is 59.1 Å². The number of hydrogen-bond acceptors (Lipinski definition) is 4. The Bertz CT molecular complexity index is 1010. The first kappa shape index (κ1) is 21.5. The lowest BCUT2D eigenvalue weighted by Gasteiger charge is -2.38. The van der Waals surface area contributed by atoms with Crippen LogP contribution in [0.3, 0.4) is 0 Å². The van der Waals surface area contributed by atoms with Crippen molar-refractivity contribution in [2.45, 2.75) is 44.9 Å². The van der Waals surface area contributed by atoms with Gasteiger partial charge in [0, 0.05) is 17.0 Å². The highest BCUT2D eigenvalue weighted by Gasteiger charge is 2.36.